The summed E-state index contributed by atoms with van der Waals surface area (Å²) in [5.74, 6) is 1.54. The van der Waals surface area contributed by atoms with Gasteiger partial charge in [-0.15, -0.1) is 10.2 Å². The van der Waals surface area contributed by atoms with Gasteiger partial charge < -0.3 is 4.90 Å². The SMILES string of the molecule is CC(C)N1CCC(Cc2nnc3cccc(C=O)n23)CC1. The number of hydrogen-bond donors (Lipinski definition) is 0. The number of fused-ring (bicyclic) bond motifs is 1. The molecule has 21 heavy (non-hydrogen) atoms. The van der Waals surface area contributed by atoms with E-state index in [-0.39, 0.29) is 0 Å². The van der Waals surface area contributed by atoms with Crippen molar-refractivity contribution in [3.63, 3.8) is 0 Å². The van der Waals surface area contributed by atoms with Gasteiger partial charge in [0.15, 0.2) is 11.9 Å². The van der Waals surface area contributed by atoms with Crippen LogP contribution in [0, 0.1) is 5.92 Å². The summed E-state index contributed by atoms with van der Waals surface area (Å²) in [4.78, 5) is 13.7. The first kappa shape index (κ1) is 14.2. The standard InChI is InChI=1S/C16H22N4O/c1-12(2)19-8-6-13(7-9-19)10-16-18-17-15-5-3-4-14(11-21)20(15)16/h3-5,11-13H,6-10H2,1-2H3. The maximum Gasteiger partial charge on any atom is 0.166 e. The monoisotopic (exact) mass is 286 g/mol. The Hall–Kier alpha value is -1.75. The van der Waals surface area contributed by atoms with Crippen LogP contribution in [0.1, 0.15) is 43.0 Å². The number of aromatic nitrogens is 3. The van der Waals surface area contributed by atoms with E-state index in [2.05, 4.69) is 28.9 Å². The molecule has 0 bridgehead atoms. The van der Waals surface area contributed by atoms with E-state index < -0.39 is 0 Å². The molecule has 2 aromatic heterocycles. The van der Waals surface area contributed by atoms with Gasteiger partial charge in [0.05, 0.1) is 5.69 Å². The molecule has 3 heterocycles. The highest BCUT2D eigenvalue weighted by Crippen LogP contribution is 2.22. The van der Waals surface area contributed by atoms with Crippen molar-refractivity contribution in [1.82, 2.24) is 19.5 Å². The fourth-order valence-electron chi connectivity index (χ4n) is 3.18. The molecule has 0 unspecified atom stereocenters. The summed E-state index contributed by atoms with van der Waals surface area (Å²) in [5, 5.41) is 8.47. The van der Waals surface area contributed by atoms with Crippen LogP contribution in [-0.4, -0.2) is 44.9 Å². The Kier molecular flexibility index (Phi) is 4.01. The van der Waals surface area contributed by atoms with Crippen LogP contribution < -0.4 is 0 Å². The molecule has 1 saturated heterocycles. The Morgan fingerprint density at radius 3 is 2.71 bits per heavy atom. The second-order valence-electron chi connectivity index (χ2n) is 6.16. The molecule has 3 rings (SSSR count). The van der Waals surface area contributed by atoms with Crippen molar-refractivity contribution in [3.05, 3.63) is 29.7 Å². The van der Waals surface area contributed by atoms with Crippen molar-refractivity contribution in [3.8, 4) is 0 Å². The molecule has 2 aromatic rings. The summed E-state index contributed by atoms with van der Waals surface area (Å²) >= 11 is 0. The predicted molar refractivity (Wildman–Crippen MR) is 81.5 cm³/mol. The maximum absolute atomic E-state index is 11.2. The third kappa shape index (κ3) is 2.83. The molecule has 112 valence electrons. The summed E-state index contributed by atoms with van der Waals surface area (Å²) in [5.41, 5.74) is 1.39. The number of likely N-dealkylation sites (tertiary alicyclic amines) is 1. The summed E-state index contributed by atoms with van der Waals surface area (Å²) in [7, 11) is 0. The van der Waals surface area contributed by atoms with Gasteiger partial charge in [-0.25, -0.2) is 0 Å². The lowest BCUT2D eigenvalue weighted by Crippen LogP contribution is -2.39. The maximum atomic E-state index is 11.2. The fourth-order valence-corrected chi connectivity index (χ4v) is 3.18. The zero-order chi connectivity index (χ0) is 14.8. The van der Waals surface area contributed by atoms with Crippen molar-refractivity contribution in [2.24, 2.45) is 5.92 Å². The lowest BCUT2D eigenvalue weighted by Gasteiger charge is -2.34. The van der Waals surface area contributed by atoms with Crippen molar-refractivity contribution in [1.29, 1.82) is 0 Å². The minimum absolute atomic E-state index is 0.626. The predicted octanol–water partition coefficient (Wildman–Crippen LogP) is 2.20. The smallest absolute Gasteiger partial charge is 0.166 e. The number of pyridine rings is 1. The molecule has 0 saturated carbocycles. The van der Waals surface area contributed by atoms with Crippen LogP contribution in [0.2, 0.25) is 0 Å². The number of piperidine rings is 1. The summed E-state index contributed by atoms with van der Waals surface area (Å²) in [6.45, 7) is 6.81. The fraction of sp³-hybridized carbons (Fsp3) is 0.562. The molecule has 5 heteroatoms. The lowest BCUT2D eigenvalue weighted by molar-refractivity contribution is 0.111. The molecule has 0 atom stereocenters. The van der Waals surface area contributed by atoms with Gasteiger partial charge in [-0.1, -0.05) is 6.07 Å². The molecule has 5 nitrogen and oxygen atoms in total. The number of rotatable bonds is 4. The molecular weight excluding hydrogens is 264 g/mol. The van der Waals surface area contributed by atoms with E-state index in [9.17, 15) is 4.79 Å². The Morgan fingerprint density at radius 1 is 1.29 bits per heavy atom. The molecule has 0 N–H and O–H groups in total. The van der Waals surface area contributed by atoms with Crippen LogP contribution in [0.15, 0.2) is 18.2 Å². The normalized spacial score (nSPS) is 17.7. The van der Waals surface area contributed by atoms with Gasteiger partial charge in [0.2, 0.25) is 0 Å². The van der Waals surface area contributed by atoms with Crippen LogP contribution in [0.4, 0.5) is 0 Å². The lowest BCUT2D eigenvalue weighted by atomic mass is 9.92. The number of hydrogen-bond acceptors (Lipinski definition) is 4. The van der Waals surface area contributed by atoms with Crippen LogP contribution in [0.5, 0.6) is 0 Å². The highest BCUT2D eigenvalue weighted by Gasteiger charge is 2.23. The first-order valence-electron chi connectivity index (χ1n) is 7.71. The third-order valence-corrected chi connectivity index (χ3v) is 4.50. The van der Waals surface area contributed by atoms with Gasteiger partial charge in [-0.05, 0) is 57.8 Å². The van der Waals surface area contributed by atoms with E-state index in [0.717, 1.165) is 37.3 Å². The van der Waals surface area contributed by atoms with E-state index in [1.54, 1.807) is 0 Å². The molecule has 1 aliphatic heterocycles. The van der Waals surface area contributed by atoms with Crippen molar-refractivity contribution >= 4 is 11.9 Å². The quantitative estimate of drug-likeness (QED) is 0.809. The third-order valence-electron chi connectivity index (χ3n) is 4.50. The van der Waals surface area contributed by atoms with Crippen molar-refractivity contribution in [2.75, 3.05) is 13.1 Å². The Morgan fingerprint density at radius 2 is 2.05 bits per heavy atom. The number of nitrogens with zero attached hydrogens (tertiary/aromatic N) is 4. The molecule has 0 aromatic carbocycles. The highest BCUT2D eigenvalue weighted by molar-refractivity contribution is 5.73. The first-order chi connectivity index (χ1) is 10.2. The van der Waals surface area contributed by atoms with Crippen molar-refractivity contribution in [2.45, 2.75) is 39.2 Å². The molecule has 0 radical (unpaired) electrons. The average molecular weight is 286 g/mol. The Labute approximate surface area is 125 Å². The Bertz CT molecular complexity index is 626. The highest BCUT2D eigenvalue weighted by atomic mass is 16.1. The molecule has 0 aliphatic carbocycles. The second kappa shape index (κ2) is 5.93. The van der Waals surface area contributed by atoms with Gasteiger partial charge in [-0.3, -0.25) is 9.20 Å². The number of carbonyl (C=O) groups excluding carboxylic acids is 1. The van der Waals surface area contributed by atoms with Crippen LogP contribution in [0.25, 0.3) is 5.65 Å². The summed E-state index contributed by atoms with van der Waals surface area (Å²) in [6, 6.07) is 6.18. The van der Waals surface area contributed by atoms with Gasteiger partial charge in [-0.2, -0.15) is 0 Å². The van der Waals surface area contributed by atoms with E-state index in [4.69, 9.17) is 0 Å². The number of aldehydes is 1. The van der Waals surface area contributed by atoms with Gasteiger partial charge in [0, 0.05) is 12.5 Å². The van der Waals surface area contributed by atoms with Crippen LogP contribution in [-0.2, 0) is 6.42 Å². The molecule has 0 spiro atoms. The molecule has 0 amide bonds. The zero-order valence-electron chi connectivity index (χ0n) is 12.7. The first-order valence-corrected chi connectivity index (χ1v) is 7.71. The topological polar surface area (TPSA) is 50.5 Å². The minimum atomic E-state index is 0.626. The van der Waals surface area contributed by atoms with E-state index in [0.29, 0.717) is 17.7 Å². The average Bonchev–Trinajstić information content (AvgIpc) is 2.91. The summed E-state index contributed by atoms with van der Waals surface area (Å²) < 4.78 is 1.89. The van der Waals surface area contributed by atoms with Gasteiger partial charge in [0.25, 0.3) is 0 Å². The van der Waals surface area contributed by atoms with Crippen LogP contribution in [0.3, 0.4) is 0 Å². The molecule has 1 aliphatic rings. The van der Waals surface area contributed by atoms with Gasteiger partial charge in [0.1, 0.15) is 5.82 Å². The van der Waals surface area contributed by atoms with E-state index in [1.807, 2.05) is 22.6 Å². The number of carbonyl (C=O) groups is 1. The summed E-state index contributed by atoms with van der Waals surface area (Å²) in [6.07, 6.45) is 4.16. The molecular formula is C16H22N4O. The van der Waals surface area contributed by atoms with Crippen molar-refractivity contribution < 1.29 is 4.79 Å². The molecule has 1 fully saturated rings. The van der Waals surface area contributed by atoms with E-state index >= 15 is 0 Å². The van der Waals surface area contributed by atoms with Gasteiger partial charge >= 0.3 is 0 Å². The Balaban J connectivity index is 1.76. The second-order valence-corrected chi connectivity index (χ2v) is 6.16. The largest absolute Gasteiger partial charge is 0.301 e. The van der Waals surface area contributed by atoms with E-state index in [1.165, 1.54) is 12.8 Å². The van der Waals surface area contributed by atoms with Crippen LogP contribution >= 0.6 is 0 Å². The zero-order valence-corrected chi connectivity index (χ0v) is 12.7. The minimum Gasteiger partial charge on any atom is -0.301 e.